The lowest BCUT2D eigenvalue weighted by molar-refractivity contribution is -0.145. The van der Waals surface area contributed by atoms with Crippen LogP contribution in [0.2, 0.25) is 0 Å². The molecule has 11 nitrogen and oxygen atoms in total. The highest BCUT2D eigenvalue weighted by atomic mass is 32.2. The molecule has 0 radical (unpaired) electrons. The SMILES string of the molecule is Nc1ccc(S(=O)(=O)Nc2ccc(C(CC(=O)O)C(=O)O)cc2)cc1S(=O)(=O)O. The molecule has 0 spiro atoms. The minimum absolute atomic E-state index is 0.0124. The molecule has 1 atom stereocenters. The van der Waals surface area contributed by atoms with Gasteiger partial charge in [-0.05, 0) is 35.9 Å². The quantitative estimate of drug-likeness (QED) is 0.288. The topological polar surface area (TPSA) is 201 Å². The predicted octanol–water partition coefficient (Wildman–Crippen LogP) is 0.959. The molecule has 0 aromatic heterocycles. The average molecular weight is 444 g/mol. The van der Waals surface area contributed by atoms with E-state index in [-0.39, 0.29) is 16.9 Å². The molecular formula is C16H16N2O9S2. The largest absolute Gasteiger partial charge is 0.481 e. The van der Waals surface area contributed by atoms with Gasteiger partial charge in [-0.15, -0.1) is 0 Å². The Kier molecular flexibility index (Phi) is 6.15. The van der Waals surface area contributed by atoms with Crippen LogP contribution in [0.25, 0.3) is 0 Å². The minimum atomic E-state index is -4.74. The standard InChI is InChI=1S/C16H16N2O9S2/c17-13-6-5-11(7-14(13)29(25,26)27)28(23,24)18-10-3-1-9(2-4-10)12(16(21)22)8-15(19)20/h1-7,12,18H,8,17H2,(H,19,20)(H,21,22)(H,25,26,27). The van der Waals surface area contributed by atoms with E-state index in [1.165, 1.54) is 24.3 Å². The van der Waals surface area contributed by atoms with Gasteiger partial charge < -0.3 is 15.9 Å². The van der Waals surface area contributed by atoms with E-state index >= 15 is 0 Å². The summed E-state index contributed by atoms with van der Waals surface area (Å²) in [4.78, 5) is 20.8. The van der Waals surface area contributed by atoms with E-state index in [2.05, 4.69) is 4.72 Å². The highest BCUT2D eigenvalue weighted by Gasteiger charge is 2.24. The van der Waals surface area contributed by atoms with E-state index in [1.54, 1.807) is 0 Å². The van der Waals surface area contributed by atoms with Crippen molar-refractivity contribution in [1.29, 1.82) is 0 Å². The van der Waals surface area contributed by atoms with Crippen LogP contribution in [0.15, 0.2) is 52.3 Å². The highest BCUT2D eigenvalue weighted by molar-refractivity contribution is 7.92. The van der Waals surface area contributed by atoms with Crippen LogP contribution in [-0.2, 0) is 29.7 Å². The second-order valence-corrected chi connectivity index (χ2v) is 8.96. The molecule has 0 amide bonds. The molecule has 13 heteroatoms. The molecule has 29 heavy (non-hydrogen) atoms. The Bertz CT molecular complexity index is 1160. The van der Waals surface area contributed by atoms with Crippen molar-refractivity contribution in [3.63, 3.8) is 0 Å². The number of benzene rings is 2. The van der Waals surface area contributed by atoms with Crippen LogP contribution in [0.5, 0.6) is 0 Å². The Hall–Kier alpha value is -3.16. The van der Waals surface area contributed by atoms with Crippen LogP contribution < -0.4 is 10.5 Å². The number of rotatable bonds is 8. The molecule has 0 saturated carbocycles. The molecule has 2 rings (SSSR count). The number of nitrogens with one attached hydrogen (secondary N) is 1. The molecule has 0 aliphatic carbocycles. The number of carboxylic acids is 2. The molecular weight excluding hydrogens is 428 g/mol. The third-order valence-corrected chi connectivity index (χ3v) is 6.10. The summed E-state index contributed by atoms with van der Waals surface area (Å²) < 4.78 is 58.8. The van der Waals surface area contributed by atoms with Crippen molar-refractivity contribution in [2.45, 2.75) is 22.1 Å². The summed E-state index contributed by atoms with van der Waals surface area (Å²) in [6.45, 7) is 0. The van der Waals surface area contributed by atoms with Gasteiger partial charge in [0.05, 0.1) is 22.9 Å². The number of nitrogen functional groups attached to an aromatic ring is 1. The molecule has 0 fully saturated rings. The predicted molar refractivity (Wildman–Crippen MR) is 101 cm³/mol. The van der Waals surface area contributed by atoms with E-state index < -0.39 is 54.2 Å². The van der Waals surface area contributed by atoms with Crippen LogP contribution in [0.3, 0.4) is 0 Å². The van der Waals surface area contributed by atoms with E-state index in [1.807, 2.05) is 0 Å². The van der Waals surface area contributed by atoms with E-state index in [0.717, 1.165) is 12.1 Å². The summed E-state index contributed by atoms with van der Waals surface area (Å²) >= 11 is 0. The second-order valence-electron chi connectivity index (χ2n) is 5.89. The Morgan fingerprint density at radius 1 is 1.00 bits per heavy atom. The maximum atomic E-state index is 12.5. The molecule has 6 N–H and O–H groups in total. The fraction of sp³-hybridized carbons (Fsp3) is 0.125. The van der Waals surface area contributed by atoms with Crippen molar-refractivity contribution >= 4 is 43.5 Å². The third-order valence-electron chi connectivity index (χ3n) is 3.82. The molecule has 2 aromatic carbocycles. The number of hydrogen-bond donors (Lipinski definition) is 5. The number of carbonyl (C=O) groups is 2. The molecule has 2 aromatic rings. The van der Waals surface area contributed by atoms with Crippen molar-refractivity contribution in [1.82, 2.24) is 0 Å². The molecule has 0 aliphatic rings. The third kappa shape index (κ3) is 5.43. The van der Waals surface area contributed by atoms with Crippen molar-refractivity contribution < 1.29 is 41.2 Å². The van der Waals surface area contributed by atoms with Gasteiger partial charge in [-0.2, -0.15) is 8.42 Å². The number of hydrogen-bond acceptors (Lipinski definition) is 7. The summed E-state index contributed by atoms with van der Waals surface area (Å²) in [5, 5.41) is 17.9. The Morgan fingerprint density at radius 2 is 1.59 bits per heavy atom. The Labute approximate surface area is 165 Å². The Morgan fingerprint density at radius 3 is 2.07 bits per heavy atom. The summed E-state index contributed by atoms with van der Waals surface area (Å²) in [5.74, 6) is -3.96. The van der Waals surface area contributed by atoms with Gasteiger partial charge in [0.2, 0.25) is 0 Å². The summed E-state index contributed by atoms with van der Waals surface area (Å²) in [6.07, 6.45) is -0.649. The van der Waals surface area contributed by atoms with Crippen LogP contribution in [0, 0.1) is 0 Å². The van der Waals surface area contributed by atoms with E-state index in [0.29, 0.717) is 6.07 Å². The molecule has 0 heterocycles. The first-order valence-electron chi connectivity index (χ1n) is 7.75. The van der Waals surface area contributed by atoms with Crippen molar-refractivity contribution in [3.05, 3.63) is 48.0 Å². The number of carboxylic acid groups (broad SMARTS) is 2. The molecule has 1 unspecified atom stereocenters. The molecule has 0 aliphatic heterocycles. The highest BCUT2D eigenvalue weighted by Crippen LogP contribution is 2.26. The van der Waals surface area contributed by atoms with Crippen molar-refractivity contribution in [2.24, 2.45) is 0 Å². The van der Waals surface area contributed by atoms with Crippen molar-refractivity contribution in [2.75, 3.05) is 10.5 Å². The van der Waals surface area contributed by atoms with E-state index in [9.17, 15) is 26.4 Å². The second kappa shape index (κ2) is 8.06. The average Bonchev–Trinajstić information content (AvgIpc) is 2.59. The summed E-state index contributed by atoms with van der Waals surface area (Å²) in [6, 6.07) is 7.70. The van der Waals surface area contributed by atoms with Gasteiger partial charge in [0, 0.05) is 5.69 Å². The lowest BCUT2D eigenvalue weighted by atomic mass is 9.96. The first-order chi connectivity index (χ1) is 13.3. The van der Waals surface area contributed by atoms with Crippen LogP contribution in [-0.4, -0.2) is 43.5 Å². The monoisotopic (exact) mass is 444 g/mol. The summed E-state index contributed by atoms with van der Waals surface area (Å²) in [7, 11) is -9.02. The summed E-state index contributed by atoms with van der Waals surface area (Å²) in [5.41, 5.74) is 5.26. The maximum absolute atomic E-state index is 12.5. The van der Waals surface area contributed by atoms with Crippen LogP contribution in [0.1, 0.15) is 17.9 Å². The number of aliphatic carboxylic acids is 2. The van der Waals surface area contributed by atoms with Gasteiger partial charge in [-0.1, -0.05) is 12.1 Å². The minimum Gasteiger partial charge on any atom is -0.481 e. The molecule has 0 bridgehead atoms. The van der Waals surface area contributed by atoms with Crippen molar-refractivity contribution in [3.8, 4) is 0 Å². The maximum Gasteiger partial charge on any atom is 0.311 e. The zero-order chi connectivity index (χ0) is 22.0. The molecule has 156 valence electrons. The Balaban J connectivity index is 2.32. The fourth-order valence-corrected chi connectivity index (χ4v) is 4.23. The van der Waals surface area contributed by atoms with Gasteiger partial charge in [-0.3, -0.25) is 18.9 Å². The normalized spacial score (nSPS) is 12.9. The number of sulfonamides is 1. The van der Waals surface area contributed by atoms with Gasteiger partial charge in [0.1, 0.15) is 4.90 Å². The van der Waals surface area contributed by atoms with Gasteiger partial charge >= 0.3 is 11.9 Å². The smallest absolute Gasteiger partial charge is 0.311 e. The lowest BCUT2D eigenvalue weighted by Crippen LogP contribution is -2.16. The van der Waals surface area contributed by atoms with Gasteiger partial charge in [0.15, 0.2) is 0 Å². The number of nitrogens with two attached hydrogens (primary N) is 1. The number of anilines is 2. The van der Waals surface area contributed by atoms with Gasteiger partial charge in [0.25, 0.3) is 20.1 Å². The van der Waals surface area contributed by atoms with Crippen LogP contribution in [0.4, 0.5) is 11.4 Å². The van der Waals surface area contributed by atoms with Crippen LogP contribution >= 0.6 is 0 Å². The van der Waals surface area contributed by atoms with Gasteiger partial charge in [-0.25, -0.2) is 8.42 Å². The first-order valence-corrected chi connectivity index (χ1v) is 10.7. The zero-order valence-corrected chi connectivity index (χ0v) is 16.1. The van der Waals surface area contributed by atoms with E-state index in [4.69, 9.17) is 20.5 Å². The lowest BCUT2D eigenvalue weighted by Gasteiger charge is -2.13. The molecule has 0 saturated heterocycles. The fourth-order valence-electron chi connectivity index (χ4n) is 2.43. The zero-order valence-electron chi connectivity index (χ0n) is 14.5. The first kappa shape index (κ1) is 22.1.